The van der Waals surface area contributed by atoms with Gasteiger partial charge in [0.25, 0.3) is 0 Å². The lowest BCUT2D eigenvalue weighted by Crippen LogP contribution is -2.11. The van der Waals surface area contributed by atoms with Crippen LogP contribution in [0.5, 0.6) is 0 Å². The zero-order valence-electron chi connectivity index (χ0n) is 14.5. The number of hydrogen-bond acceptors (Lipinski definition) is 4. The first-order valence-electron chi connectivity index (χ1n) is 8.05. The smallest absolute Gasteiger partial charge is 0.323 e. The van der Waals surface area contributed by atoms with Gasteiger partial charge < -0.3 is 4.57 Å². The molecule has 2 rings (SSSR count). The Labute approximate surface area is 151 Å². The molecule has 0 bridgehead atoms. The Morgan fingerprint density at radius 3 is 2.40 bits per heavy atom. The molecule has 0 unspecified atom stereocenters. The molecule has 0 saturated heterocycles. The lowest BCUT2D eigenvalue weighted by molar-refractivity contribution is 0.234. The summed E-state index contributed by atoms with van der Waals surface area (Å²) in [5.41, 5.74) is 3.00. The number of alkyl halides is 2. The Bertz CT molecular complexity index is 816. The number of hydrogen-bond donors (Lipinski definition) is 0. The Morgan fingerprint density at radius 2 is 1.84 bits per heavy atom. The van der Waals surface area contributed by atoms with E-state index in [1.54, 1.807) is 23.9 Å². The maximum Gasteiger partial charge on any atom is 0.341 e. The second kappa shape index (κ2) is 8.31. The van der Waals surface area contributed by atoms with E-state index in [0.29, 0.717) is 5.75 Å². The van der Waals surface area contributed by atoms with Crippen molar-refractivity contribution in [3.8, 4) is 0 Å². The third kappa shape index (κ3) is 4.61. The molecule has 1 aromatic heterocycles. The summed E-state index contributed by atoms with van der Waals surface area (Å²) in [5, 5.41) is 0.924. The SMILES string of the molecule is CCCCn1c(SCc2ccc(S(=O)(=O)C(F)F)cc2)nc(C)c1C. The molecule has 4 nitrogen and oxygen atoms in total. The van der Waals surface area contributed by atoms with Gasteiger partial charge in [-0.25, -0.2) is 13.4 Å². The van der Waals surface area contributed by atoms with E-state index < -0.39 is 15.6 Å². The van der Waals surface area contributed by atoms with Gasteiger partial charge in [-0.05, 0) is 38.0 Å². The van der Waals surface area contributed by atoms with Crippen LogP contribution in [-0.2, 0) is 22.1 Å². The topological polar surface area (TPSA) is 52.0 Å². The highest BCUT2D eigenvalue weighted by Crippen LogP contribution is 2.26. The van der Waals surface area contributed by atoms with Crippen molar-refractivity contribution in [2.24, 2.45) is 0 Å². The van der Waals surface area contributed by atoms with Crippen LogP contribution in [0.1, 0.15) is 36.7 Å². The Hall–Kier alpha value is -1.41. The molecule has 8 heteroatoms. The zero-order chi connectivity index (χ0) is 18.6. The molecular formula is C17H22F2N2O2S2. The second-order valence-corrected chi connectivity index (χ2v) is 8.67. The van der Waals surface area contributed by atoms with Crippen LogP contribution in [0, 0.1) is 13.8 Å². The summed E-state index contributed by atoms with van der Waals surface area (Å²) in [5.74, 6) is -2.80. The molecule has 1 heterocycles. The molecule has 0 N–H and O–H groups in total. The van der Waals surface area contributed by atoms with Gasteiger partial charge in [0.05, 0.1) is 10.6 Å². The van der Waals surface area contributed by atoms with Gasteiger partial charge in [-0.3, -0.25) is 0 Å². The van der Waals surface area contributed by atoms with Gasteiger partial charge in [0.15, 0.2) is 5.16 Å². The lowest BCUT2D eigenvalue weighted by Gasteiger charge is -2.09. The summed E-state index contributed by atoms with van der Waals surface area (Å²) in [6.45, 7) is 7.08. The summed E-state index contributed by atoms with van der Waals surface area (Å²) in [4.78, 5) is 4.23. The fourth-order valence-electron chi connectivity index (χ4n) is 2.34. The van der Waals surface area contributed by atoms with Crippen LogP contribution in [-0.4, -0.2) is 23.7 Å². The molecule has 0 saturated carbocycles. The van der Waals surface area contributed by atoms with Crippen LogP contribution in [0.2, 0.25) is 0 Å². The van der Waals surface area contributed by atoms with E-state index in [1.807, 2.05) is 13.8 Å². The van der Waals surface area contributed by atoms with E-state index in [0.717, 1.165) is 41.5 Å². The number of rotatable bonds is 8. The number of thioether (sulfide) groups is 1. The first-order valence-corrected chi connectivity index (χ1v) is 10.6. The van der Waals surface area contributed by atoms with Crippen LogP contribution in [0.15, 0.2) is 34.3 Å². The summed E-state index contributed by atoms with van der Waals surface area (Å²) < 4.78 is 50.2. The Balaban J connectivity index is 2.11. The van der Waals surface area contributed by atoms with Gasteiger partial charge in [-0.15, -0.1) is 0 Å². The summed E-state index contributed by atoms with van der Waals surface area (Å²) in [6, 6.07) is 5.61. The third-order valence-electron chi connectivity index (χ3n) is 4.01. The number of aryl methyl sites for hydroxylation is 1. The second-order valence-electron chi connectivity index (χ2n) is 5.81. The first-order chi connectivity index (χ1) is 11.8. The predicted octanol–water partition coefficient (Wildman–Crippen LogP) is 4.59. The predicted molar refractivity (Wildman–Crippen MR) is 95.8 cm³/mol. The van der Waals surface area contributed by atoms with Crippen molar-refractivity contribution in [3.63, 3.8) is 0 Å². The monoisotopic (exact) mass is 388 g/mol. The summed E-state index contributed by atoms with van der Waals surface area (Å²) in [6.07, 6.45) is 2.17. The van der Waals surface area contributed by atoms with E-state index in [4.69, 9.17) is 0 Å². The van der Waals surface area contributed by atoms with Crippen LogP contribution in [0.3, 0.4) is 0 Å². The van der Waals surface area contributed by atoms with E-state index in [9.17, 15) is 17.2 Å². The van der Waals surface area contributed by atoms with Crippen LogP contribution >= 0.6 is 11.8 Å². The highest BCUT2D eigenvalue weighted by Gasteiger charge is 2.26. The highest BCUT2D eigenvalue weighted by molar-refractivity contribution is 7.98. The average Bonchev–Trinajstić information content (AvgIpc) is 2.85. The zero-order valence-corrected chi connectivity index (χ0v) is 16.1. The van der Waals surface area contributed by atoms with Crippen molar-refractivity contribution >= 4 is 21.6 Å². The molecule has 0 fully saturated rings. The minimum atomic E-state index is -4.54. The third-order valence-corrected chi connectivity index (χ3v) is 6.46. The standard InChI is InChI=1S/C17H22F2N2O2S2/c1-4-5-10-21-13(3)12(2)20-17(21)24-11-14-6-8-15(9-7-14)25(22,23)16(18)19/h6-9,16H,4-5,10-11H2,1-3H3. The summed E-state index contributed by atoms with van der Waals surface area (Å²) >= 11 is 1.56. The number of aromatic nitrogens is 2. The van der Waals surface area contributed by atoms with Crippen molar-refractivity contribution in [3.05, 3.63) is 41.2 Å². The molecule has 0 atom stereocenters. The van der Waals surface area contributed by atoms with Gasteiger partial charge in [0, 0.05) is 18.0 Å². The highest BCUT2D eigenvalue weighted by atomic mass is 32.2. The molecule has 25 heavy (non-hydrogen) atoms. The maximum absolute atomic E-state index is 12.6. The van der Waals surface area contributed by atoms with Crippen molar-refractivity contribution < 1.29 is 17.2 Å². The van der Waals surface area contributed by atoms with E-state index in [1.165, 1.54) is 12.1 Å². The molecule has 2 aromatic rings. The molecule has 0 aliphatic heterocycles. The molecule has 0 aliphatic carbocycles. The van der Waals surface area contributed by atoms with Gasteiger partial charge in [0.2, 0.25) is 9.84 Å². The first kappa shape index (κ1) is 19.9. The van der Waals surface area contributed by atoms with Gasteiger partial charge in [-0.1, -0.05) is 37.2 Å². The van der Waals surface area contributed by atoms with E-state index in [2.05, 4.69) is 16.5 Å². The maximum atomic E-state index is 12.6. The quantitative estimate of drug-likeness (QED) is 0.621. The van der Waals surface area contributed by atoms with Crippen LogP contribution in [0.4, 0.5) is 8.78 Å². The largest absolute Gasteiger partial charge is 0.341 e. The molecular weight excluding hydrogens is 366 g/mol. The Kier molecular flexibility index (Phi) is 6.62. The average molecular weight is 389 g/mol. The van der Waals surface area contributed by atoms with Gasteiger partial charge >= 0.3 is 5.76 Å². The fourth-order valence-corrected chi connectivity index (χ4v) is 4.13. The number of imidazole rings is 1. The van der Waals surface area contributed by atoms with Crippen LogP contribution in [0.25, 0.3) is 0 Å². The van der Waals surface area contributed by atoms with E-state index >= 15 is 0 Å². The fraction of sp³-hybridized carbons (Fsp3) is 0.471. The van der Waals surface area contributed by atoms with Crippen molar-refractivity contribution in [2.45, 2.75) is 61.7 Å². The summed E-state index contributed by atoms with van der Waals surface area (Å²) in [7, 11) is -4.54. The molecule has 0 amide bonds. The van der Waals surface area contributed by atoms with Crippen molar-refractivity contribution in [1.82, 2.24) is 9.55 Å². The minimum absolute atomic E-state index is 0.354. The normalized spacial score (nSPS) is 12.1. The van der Waals surface area contributed by atoms with Gasteiger partial charge in [-0.2, -0.15) is 8.78 Å². The molecule has 0 spiro atoms. The Morgan fingerprint density at radius 1 is 1.20 bits per heavy atom. The number of halogens is 2. The molecule has 1 aromatic carbocycles. The number of unbranched alkanes of at least 4 members (excludes halogenated alkanes) is 1. The molecule has 0 aliphatic rings. The lowest BCUT2D eigenvalue weighted by atomic mass is 10.2. The number of benzene rings is 1. The number of sulfone groups is 1. The molecule has 138 valence electrons. The number of nitrogens with zero attached hydrogens (tertiary/aromatic N) is 2. The molecule has 0 radical (unpaired) electrons. The minimum Gasteiger partial charge on any atom is -0.323 e. The van der Waals surface area contributed by atoms with Crippen molar-refractivity contribution in [1.29, 1.82) is 0 Å². The van der Waals surface area contributed by atoms with E-state index in [-0.39, 0.29) is 4.90 Å². The van der Waals surface area contributed by atoms with Crippen molar-refractivity contribution in [2.75, 3.05) is 0 Å². The van der Waals surface area contributed by atoms with Crippen LogP contribution < -0.4 is 0 Å². The van der Waals surface area contributed by atoms with Gasteiger partial charge in [0.1, 0.15) is 0 Å².